The molecule has 20 heavy (non-hydrogen) atoms. The first-order chi connectivity index (χ1) is 9.52. The van der Waals surface area contributed by atoms with Gasteiger partial charge in [-0.15, -0.1) is 0 Å². The maximum atomic E-state index is 10.1. The van der Waals surface area contributed by atoms with Gasteiger partial charge in [0.05, 0.1) is 16.3 Å². The van der Waals surface area contributed by atoms with Crippen LogP contribution in [-0.2, 0) is 6.54 Å². The van der Waals surface area contributed by atoms with Crippen LogP contribution >= 0.6 is 11.6 Å². The third-order valence-electron chi connectivity index (χ3n) is 4.01. The summed E-state index contributed by atoms with van der Waals surface area (Å²) in [5, 5.41) is 10.8. The van der Waals surface area contributed by atoms with E-state index < -0.39 is 5.60 Å². The van der Waals surface area contributed by atoms with Gasteiger partial charge in [-0.05, 0) is 44.9 Å². The summed E-state index contributed by atoms with van der Waals surface area (Å²) in [4.78, 5) is 6.98. The molecule has 0 bridgehead atoms. The SMILES string of the molecule is CC1(O)CCCN(Cc2cn3cc(Cl)ccc3n2)CC1. The van der Waals surface area contributed by atoms with Crippen molar-refractivity contribution in [3.8, 4) is 0 Å². The summed E-state index contributed by atoms with van der Waals surface area (Å²) in [5.74, 6) is 0. The highest BCUT2D eigenvalue weighted by Crippen LogP contribution is 2.22. The normalized spacial score (nSPS) is 24.9. The zero-order valence-electron chi connectivity index (χ0n) is 11.7. The molecule has 0 saturated carbocycles. The molecule has 1 atom stereocenters. The fourth-order valence-corrected chi connectivity index (χ4v) is 2.97. The van der Waals surface area contributed by atoms with Crippen molar-refractivity contribution in [2.24, 2.45) is 0 Å². The van der Waals surface area contributed by atoms with E-state index in [0.717, 1.165) is 50.2 Å². The number of hydrogen-bond acceptors (Lipinski definition) is 3. The molecule has 1 unspecified atom stereocenters. The third-order valence-corrected chi connectivity index (χ3v) is 4.23. The molecule has 1 aliphatic rings. The van der Waals surface area contributed by atoms with Crippen LogP contribution in [0.5, 0.6) is 0 Å². The van der Waals surface area contributed by atoms with Crippen LogP contribution in [0.15, 0.2) is 24.5 Å². The topological polar surface area (TPSA) is 40.8 Å². The van der Waals surface area contributed by atoms with Gasteiger partial charge in [0, 0.05) is 25.5 Å². The largest absolute Gasteiger partial charge is 0.390 e. The van der Waals surface area contributed by atoms with Crippen molar-refractivity contribution in [2.45, 2.75) is 38.3 Å². The number of rotatable bonds is 2. The Kier molecular flexibility index (Phi) is 3.71. The highest BCUT2D eigenvalue weighted by molar-refractivity contribution is 6.30. The number of fused-ring (bicyclic) bond motifs is 1. The van der Waals surface area contributed by atoms with Gasteiger partial charge in [-0.1, -0.05) is 11.6 Å². The van der Waals surface area contributed by atoms with Crippen molar-refractivity contribution in [1.29, 1.82) is 0 Å². The molecule has 1 N–H and O–H groups in total. The van der Waals surface area contributed by atoms with E-state index in [2.05, 4.69) is 9.88 Å². The number of nitrogens with zero attached hydrogens (tertiary/aromatic N) is 3. The minimum Gasteiger partial charge on any atom is -0.390 e. The van der Waals surface area contributed by atoms with Crippen molar-refractivity contribution in [3.05, 3.63) is 35.2 Å². The fraction of sp³-hybridized carbons (Fsp3) is 0.533. The Bertz CT molecular complexity index is 608. The van der Waals surface area contributed by atoms with Gasteiger partial charge >= 0.3 is 0 Å². The minimum absolute atomic E-state index is 0.513. The number of aromatic nitrogens is 2. The van der Waals surface area contributed by atoms with Crippen molar-refractivity contribution in [2.75, 3.05) is 13.1 Å². The number of pyridine rings is 1. The second-order valence-electron chi connectivity index (χ2n) is 5.97. The van der Waals surface area contributed by atoms with Crippen molar-refractivity contribution in [1.82, 2.24) is 14.3 Å². The Morgan fingerprint density at radius 1 is 1.30 bits per heavy atom. The Balaban J connectivity index is 1.72. The Morgan fingerprint density at radius 2 is 2.15 bits per heavy atom. The van der Waals surface area contributed by atoms with E-state index >= 15 is 0 Å². The van der Waals surface area contributed by atoms with Crippen LogP contribution in [0.3, 0.4) is 0 Å². The molecule has 4 nitrogen and oxygen atoms in total. The van der Waals surface area contributed by atoms with Crippen molar-refractivity contribution >= 4 is 17.2 Å². The fourth-order valence-electron chi connectivity index (χ4n) is 2.80. The van der Waals surface area contributed by atoms with E-state index in [1.54, 1.807) is 0 Å². The summed E-state index contributed by atoms with van der Waals surface area (Å²) >= 11 is 5.99. The molecule has 0 radical (unpaired) electrons. The number of halogens is 1. The molecule has 2 aromatic rings. The average molecular weight is 294 g/mol. The average Bonchev–Trinajstić information content (AvgIpc) is 2.68. The molecule has 3 rings (SSSR count). The smallest absolute Gasteiger partial charge is 0.137 e. The predicted molar refractivity (Wildman–Crippen MR) is 80.0 cm³/mol. The quantitative estimate of drug-likeness (QED) is 0.925. The zero-order valence-corrected chi connectivity index (χ0v) is 12.5. The minimum atomic E-state index is -0.513. The maximum absolute atomic E-state index is 10.1. The molecule has 1 saturated heterocycles. The van der Waals surface area contributed by atoms with E-state index in [-0.39, 0.29) is 0 Å². The van der Waals surface area contributed by atoms with Crippen LogP contribution < -0.4 is 0 Å². The molecule has 3 heterocycles. The summed E-state index contributed by atoms with van der Waals surface area (Å²) in [7, 11) is 0. The molecule has 0 aromatic carbocycles. The molecular weight excluding hydrogens is 274 g/mol. The molecule has 2 aromatic heterocycles. The lowest BCUT2D eigenvalue weighted by molar-refractivity contribution is 0.0444. The van der Waals surface area contributed by atoms with Crippen LogP contribution in [0.1, 0.15) is 31.9 Å². The molecule has 5 heteroatoms. The van der Waals surface area contributed by atoms with Crippen LogP contribution in [-0.4, -0.2) is 38.1 Å². The Labute approximate surface area is 124 Å². The number of aliphatic hydroxyl groups is 1. The highest BCUT2D eigenvalue weighted by atomic mass is 35.5. The van der Waals surface area contributed by atoms with E-state index in [1.165, 1.54) is 0 Å². The second-order valence-corrected chi connectivity index (χ2v) is 6.41. The summed E-state index contributed by atoms with van der Waals surface area (Å²) in [6.45, 7) is 4.70. The Hall–Kier alpha value is -1.10. The number of hydrogen-bond donors (Lipinski definition) is 1. The van der Waals surface area contributed by atoms with Gasteiger partial charge in [0.15, 0.2) is 0 Å². The third kappa shape index (κ3) is 3.14. The molecule has 1 fully saturated rings. The maximum Gasteiger partial charge on any atom is 0.137 e. The van der Waals surface area contributed by atoms with E-state index in [0.29, 0.717) is 5.02 Å². The molecule has 0 aliphatic carbocycles. The molecule has 0 spiro atoms. The lowest BCUT2D eigenvalue weighted by Gasteiger charge is -2.21. The lowest BCUT2D eigenvalue weighted by Crippen LogP contribution is -2.28. The number of likely N-dealkylation sites (tertiary alicyclic amines) is 1. The van der Waals surface area contributed by atoms with E-state index in [9.17, 15) is 5.11 Å². The monoisotopic (exact) mass is 293 g/mol. The van der Waals surface area contributed by atoms with Gasteiger partial charge < -0.3 is 9.51 Å². The first-order valence-electron chi connectivity index (χ1n) is 7.10. The molecule has 1 aliphatic heterocycles. The highest BCUT2D eigenvalue weighted by Gasteiger charge is 2.25. The van der Waals surface area contributed by atoms with Gasteiger partial charge in [-0.25, -0.2) is 4.98 Å². The van der Waals surface area contributed by atoms with Crippen molar-refractivity contribution in [3.63, 3.8) is 0 Å². The summed E-state index contributed by atoms with van der Waals surface area (Å²) in [5.41, 5.74) is 1.46. The van der Waals surface area contributed by atoms with Gasteiger partial charge in [-0.3, -0.25) is 4.90 Å². The van der Waals surface area contributed by atoms with E-state index in [1.807, 2.05) is 35.9 Å². The summed E-state index contributed by atoms with van der Waals surface area (Å²) in [6.07, 6.45) is 6.65. The molecule has 0 amide bonds. The van der Waals surface area contributed by atoms with Gasteiger partial charge in [0.1, 0.15) is 5.65 Å². The van der Waals surface area contributed by atoms with Gasteiger partial charge in [-0.2, -0.15) is 0 Å². The summed E-state index contributed by atoms with van der Waals surface area (Å²) < 4.78 is 1.96. The first kappa shape index (κ1) is 13.9. The van der Waals surface area contributed by atoms with Crippen LogP contribution in [0, 0.1) is 0 Å². The Morgan fingerprint density at radius 3 is 3.00 bits per heavy atom. The summed E-state index contributed by atoms with van der Waals surface area (Å²) in [6, 6.07) is 3.79. The van der Waals surface area contributed by atoms with Crippen LogP contribution in [0.4, 0.5) is 0 Å². The van der Waals surface area contributed by atoms with Crippen molar-refractivity contribution < 1.29 is 5.11 Å². The van der Waals surface area contributed by atoms with Gasteiger partial charge in [0.25, 0.3) is 0 Å². The van der Waals surface area contributed by atoms with Crippen LogP contribution in [0.2, 0.25) is 5.02 Å². The van der Waals surface area contributed by atoms with E-state index in [4.69, 9.17) is 11.6 Å². The molecule has 108 valence electrons. The lowest BCUT2D eigenvalue weighted by atomic mass is 9.98. The standard InChI is InChI=1S/C15H20ClN3O/c1-15(20)5-2-7-18(8-6-15)10-13-11-19-9-12(16)3-4-14(19)17-13/h3-4,9,11,20H,2,5-8,10H2,1H3. The zero-order chi connectivity index (χ0) is 14.2. The molecular formula is C15H20ClN3O. The van der Waals surface area contributed by atoms with Crippen LogP contribution in [0.25, 0.3) is 5.65 Å². The van der Waals surface area contributed by atoms with Gasteiger partial charge in [0.2, 0.25) is 0 Å². The second kappa shape index (κ2) is 5.35. The predicted octanol–water partition coefficient (Wildman–Crippen LogP) is 2.72. The number of imidazole rings is 1. The first-order valence-corrected chi connectivity index (χ1v) is 7.48.